The van der Waals surface area contributed by atoms with Crippen LogP contribution in [0.3, 0.4) is 0 Å². The molecule has 28 heavy (non-hydrogen) atoms. The number of nitrogens with zero attached hydrogens (tertiary/aromatic N) is 3. The van der Waals surface area contributed by atoms with Gasteiger partial charge in [-0.15, -0.1) is 0 Å². The Kier molecular flexibility index (Phi) is 4.33. The van der Waals surface area contributed by atoms with Gasteiger partial charge in [0.1, 0.15) is 17.5 Å². The molecular formula is C20H16N6O2. The highest BCUT2D eigenvalue weighted by molar-refractivity contribution is 6.12. The number of carbonyl (C=O) groups is 2. The molecule has 2 aromatic heterocycles. The topological polar surface area (TPSA) is 138 Å². The van der Waals surface area contributed by atoms with Crippen molar-refractivity contribution in [2.45, 2.75) is 19.3 Å². The lowest BCUT2D eigenvalue weighted by Crippen LogP contribution is -2.16. The summed E-state index contributed by atoms with van der Waals surface area (Å²) in [4.78, 5) is 28.2. The van der Waals surface area contributed by atoms with Crippen molar-refractivity contribution in [3.05, 3.63) is 58.7 Å². The number of nitriles is 1. The van der Waals surface area contributed by atoms with Gasteiger partial charge < -0.3 is 11.1 Å². The van der Waals surface area contributed by atoms with Crippen LogP contribution >= 0.6 is 0 Å². The van der Waals surface area contributed by atoms with Crippen molar-refractivity contribution in [1.82, 2.24) is 15.2 Å². The third-order valence-electron chi connectivity index (χ3n) is 4.89. The van der Waals surface area contributed by atoms with Crippen molar-refractivity contribution >= 4 is 34.4 Å². The Morgan fingerprint density at radius 1 is 1.29 bits per heavy atom. The molecule has 0 aliphatic heterocycles. The number of aldehydes is 1. The first-order chi connectivity index (χ1) is 13.7. The zero-order chi connectivity index (χ0) is 19.7. The molecule has 4 N–H and O–H groups in total. The Bertz CT molecular complexity index is 1190. The highest BCUT2D eigenvalue weighted by atomic mass is 16.1. The van der Waals surface area contributed by atoms with Crippen LogP contribution in [-0.4, -0.2) is 27.4 Å². The Morgan fingerprint density at radius 2 is 2.11 bits per heavy atom. The lowest BCUT2D eigenvalue weighted by molar-refractivity contribution is -0.103. The van der Waals surface area contributed by atoms with Gasteiger partial charge in [-0.3, -0.25) is 14.7 Å². The summed E-state index contributed by atoms with van der Waals surface area (Å²) in [6.45, 7) is 0. The van der Waals surface area contributed by atoms with Crippen LogP contribution in [0.5, 0.6) is 0 Å². The number of nitrogens with two attached hydrogens (primary N) is 1. The van der Waals surface area contributed by atoms with E-state index >= 15 is 0 Å². The third-order valence-corrected chi connectivity index (χ3v) is 4.89. The summed E-state index contributed by atoms with van der Waals surface area (Å²) in [5.74, 6) is -0.336. The number of hydrogen-bond acceptors (Lipinski definition) is 6. The number of anilines is 1. The van der Waals surface area contributed by atoms with Gasteiger partial charge in [0.25, 0.3) is 5.91 Å². The molecule has 0 atom stereocenters. The minimum absolute atomic E-state index is 0.251. The van der Waals surface area contributed by atoms with Gasteiger partial charge in [-0.2, -0.15) is 10.4 Å². The molecule has 1 aliphatic carbocycles. The summed E-state index contributed by atoms with van der Waals surface area (Å²) < 4.78 is 0. The molecule has 2 heterocycles. The van der Waals surface area contributed by atoms with E-state index in [1.54, 1.807) is 18.2 Å². The second-order valence-electron chi connectivity index (χ2n) is 6.47. The number of H-pyrrole nitrogens is 1. The SMILES string of the molecule is N#Cc1cnc(C(=O)Nc2ccc3[nH]nc(/C(C=O)=C/N)c3c2)c2c1CCC2. The van der Waals surface area contributed by atoms with E-state index < -0.39 is 0 Å². The van der Waals surface area contributed by atoms with E-state index in [4.69, 9.17) is 5.73 Å². The van der Waals surface area contributed by atoms with Crippen LogP contribution in [0.2, 0.25) is 0 Å². The molecule has 0 saturated heterocycles. The molecule has 0 unspecified atom stereocenters. The molecule has 8 nitrogen and oxygen atoms in total. The summed E-state index contributed by atoms with van der Waals surface area (Å²) in [6, 6.07) is 7.36. The van der Waals surface area contributed by atoms with Crippen molar-refractivity contribution in [1.29, 1.82) is 5.26 Å². The molecular weight excluding hydrogens is 356 g/mol. The number of carbonyl (C=O) groups excluding carboxylic acids is 2. The molecule has 0 saturated carbocycles. The molecule has 0 radical (unpaired) electrons. The van der Waals surface area contributed by atoms with Gasteiger partial charge in [0.05, 0.1) is 16.7 Å². The van der Waals surface area contributed by atoms with E-state index in [1.165, 1.54) is 12.4 Å². The van der Waals surface area contributed by atoms with Crippen LogP contribution in [0.1, 0.15) is 39.3 Å². The second kappa shape index (κ2) is 6.96. The monoisotopic (exact) mass is 372 g/mol. The van der Waals surface area contributed by atoms with E-state index in [-0.39, 0.29) is 11.5 Å². The van der Waals surface area contributed by atoms with Gasteiger partial charge in [0.2, 0.25) is 0 Å². The summed E-state index contributed by atoms with van der Waals surface area (Å²) >= 11 is 0. The normalized spacial score (nSPS) is 13.2. The van der Waals surface area contributed by atoms with E-state index in [9.17, 15) is 14.9 Å². The maximum absolute atomic E-state index is 12.8. The van der Waals surface area contributed by atoms with Crippen LogP contribution in [0, 0.1) is 11.3 Å². The fraction of sp³-hybridized carbons (Fsp3) is 0.150. The molecule has 1 amide bonds. The lowest BCUT2D eigenvalue weighted by atomic mass is 10.0. The maximum Gasteiger partial charge on any atom is 0.274 e. The highest BCUT2D eigenvalue weighted by Gasteiger charge is 2.23. The molecule has 1 aromatic carbocycles. The van der Waals surface area contributed by atoms with Gasteiger partial charge in [-0.05, 0) is 48.6 Å². The predicted molar refractivity (Wildman–Crippen MR) is 103 cm³/mol. The first-order valence-corrected chi connectivity index (χ1v) is 8.74. The lowest BCUT2D eigenvalue weighted by Gasteiger charge is -2.10. The largest absolute Gasteiger partial charge is 0.404 e. The molecule has 0 spiro atoms. The van der Waals surface area contributed by atoms with E-state index in [1.807, 2.05) is 0 Å². The summed E-state index contributed by atoms with van der Waals surface area (Å²) in [5, 5.41) is 19.7. The smallest absolute Gasteiger partial charge is 0.274 e. The highest BCUT2D eigenvalue weighted by Crippen LogP contribution is 2.28. The van der Waals surface area contributed by atoms with Gasteiger partial charge in [-0.25, -0.2) is 4.98 Å². The number of allylic oxidation sites excluding steroid dienone is 1. The number of fused-ring (bicyclic) bond motifs is 2. The minimum Gasteiger partial charge on any atom is -0.404 e. The average molecular weight is 372 g/mol. The van der Waals surface area contributed by atoms with Gasteiger partial charge in [0, 0.05) is 23.5 Å². The Morgan fingerprint density at radius 3 is 2.86 bits per heavy atom. The Hall–Kier alpha value is -3.99. The molecule has 138 valence electrons. The number of pyridine rings is 1. The van der Waals surface area contributed by atoms with Gasteiger partial charge >= 0.3 is 0 Å². The predicted octanol–water partition coefficient (Wildman–Crippen LogP) is 2.07. The van der Waals surface area contributed by atoms with Crippen molar-refractivity contribution in [2.24, 2.45) is 5.73 Å². The molecule has 3 aromatic rings. The van der Waals surface area contributed by atoms with Crippen LogP contribution in [0.15, 0.2) is 30.6 Å². The van der Waals surface area contributed by atoms with Gasteiger partial charge in [-0.1, -0.05) is 0 Å². The number of rotatable bonds is 4. The van der Waals surface area contributed by atoms with E-state index in [0.29, 0.717) is 39.8 Å². The number of benzene rings is 1. The molecule has 1 aliphatic rings. The number of amides is 1. The van der Waals surface area contributed by atoms with E-state index in [0.717, 1.165) is 30.4 Å². The summed E-state index contributed by atoms with van der Waals surface area (Å²) in [5.41, 5.74) is 10.0. The van der Waals surface area contributed by atoms with Gasteiger partial charge in [0.15, 0.2) is 6.29 Å². The average Bonchev–Trinajstić information content (AvgIpc) is 3.36. The Labute approximate surface area is 160 Å². The van der Waals surface area contributed by atoms with Crippen molar-refractivity contribution in [3.63, 3.8) is 0 Å². The first kappa shape index (κ1) is 17.4. The first-order valence-electron chi connectivity index (χ1n) is 8.74. The second-order valence-corrected chi connectivity index (χ2v) is 6.47. The maximum atomic E-state index is 12.8. The fourth-order valence-corrected chi connectivity index (χ4v) is 3.56. The quantitative estimate of drug-likeness (QED) is 0.473. The van der Waals surface area contributed by atoms with Crippen LogP contribution in [0.25, 0.3) is 16.5 Å². The van der Waals surface area contributed by atoms with Crippen molar-refractivity contribution < 1.29 is 9.59 Å². The van der Waals surface area contributed by atoms with E-state index in [2.05, 4.69) is 26.6 Å². The minimum atomic E-state index is -0.336. The Balaban J connectivity index is 1.69. The van der Waals surface area contributed by atoms with Crippen LogP contribution in [-0.2, 0) is 17.6 Å². The van der Waals surface area contributed by atoms with Crippen molar-refractivity contribution in [3.8, 4) is 6.07 Å². The molecule has 4 rings (SSSR count). The standard InChI is InChI=1S/C20H16N6O2/c21-7-11-9-23-19(15-3-1-2-14(11)15)20(28)24-13-4-5-17-16(6-13)18(26-25-17)12(8-22)10-27/h4-6,8-10H,1-3,22H2,(H,24,28)(H,25,26)/b12-8+. The number of aromatic nitrogens is 3. The fourth-order valence-electron chi connectivity index (χ4n) is 3.56. The number of aromatic amines is 1. The van der Waals surface area contributed by atoms with Crippen LogP contribution < -0.4 is 11.1 Å². The third kappa shape index (κ3) is 2.79. The van der Waals surface area contributed by atoms with Crippen LogP contribution in [0.4, 0.5) is 5.69 Å². The molecule has 0 fully saturated rings. The molecule has 0 bridgehead atoms. The molecule has 8 heteroatoms. The number of hydrogen-bond donors (Lipinski definition) is 3. The zero-order valence-electron chi connectivity index (χ0n) is 14.8. The summed E-state index contributed by atoms with van der Waals surface area (Å²) in [7, 11) is 0. The number of nitrogens with one attached hydrogen (secondary N) is 2. The summed E-state index contributed by atoms with van der Waals surface area (Å²) in [6.07, 6.45) is 5.70. The zero-order valence-corrected chi connectivity index (χ0v) is 14.8. The van der Waals surface area contributed by atoms with Crippen molar-refractivity contribution in [2.75, 3.05) is 5.32 Å².